The van der Waals surface area contributed by atoms with Crippen LogP contribution in [0.5, 0.6) is 5.75 Å². The van der Waals surface area contributed by atoms with E-state index in [1.807, 2.05) is 20.8 Å². The molecule has 0 saturated heterocycles. The van der Waals surface area contributed by atoms with Crippen molar-refractivity contribution in [3.63, 3.8) is 0 Å². The number of halogens is 2. The summed E-state index contributed by atoms with van der Waals surface area (Å²) in [5.41, 5.74) is 1.58. The van der Waals surface area contributed by atoms with Crippen LogP contribution in [0.15, 0.2) is 36.4 Å². The number of hydrogen-bond acceptors (Lipinski definition) is 3. The summed E-state index contributed by atoms with van der Waals surface area (Å²) in [5.74, 6) is 0.278. The third kappa shape index (κ3) is 6.26. The maximum atomic E-state index is 12.6. The highest BCUT2D eigenvalue weighted by Gasteiger charge is 2.18. The molecule has 0 spiro atoms. The highest BCUT2D eigenvalue weighted by Crippen LogP contribution is 2.28. The van der Waals surface area contributed by atoms with Crippen LogP contribution in [-0.2, 0) is 11.2 Å². The van der Waals surface area contributed by atoms with Gasteiger partial charge in [0.25, 0.3) is 0 Å². The third-order valence-corrected chi connectivity index (χ3v) is 4.57. The van der Waals surface area contributed by atoms with Gasteiger partial charge in [0.05, 0.1) is 22.8 Å². The molecule has 6 heteroatoms. The molecule has 0 atom stereocenters. The van der Waals surface area contributed by atoms with Crippen molar-refractivity contribution in [2.24, 2.45) is 5.41 Å². The molecular formula is C21H23Cl2NO3. The fraction of sp³-hybridized carbons (Fsp3) is 0.333. The van der Waals surface area contributed by atoms with E-state index in [0.29, 0.717) is 33.5 Å². The predicted octanol–water partition coefficient (Wildman–Crippen LogP) is 5.80. The van der Waals surface area contributed by atoms with E-state index in [4.69, 9.17) is 27.9 Å². The Morgan fingerprint density at radius 1 is 1.04 bits per heavy atom. The van der Waals surface area contributed by atoms with Crippen molar-refractivity contribution in [3.05, 3.63) is 57.6 Å². The minimum absolute atomic E-state index is 0.0950. The number of amides is 1. The first kappa shape index (κ1) is 21.3. The maximum Gasteiger partial charge on any atom is 0.224 e. The van der Waals surface area contributed by atoms with Crippen LogP contribution >= 0.6 is 23.2 Å². The van der Waals surface area contributed by atoms with E-state index in [1.165, 1.54) is 7.11 Å². The van der Waals surface area contributed by atoms with Crippen molar-refractivity contribution in [2.75, 3.05) is 12.4 Å². The van der Waals surface area contributed by atoms with Gasteiger partial charge in [-0.3, -0.25) is 9.59 Å². The number of ketones is 1. The third-order valence-electron chi connectivity index (χ3n) is 3.84. The van der Waals surface area contributed by atoms with Gasteiger partial charge in [0, 0.05) is 18.4 Å². The largest absolute Gasteiger partial charge is 0.495 e. The van der Waals surface area contributed by atoms with Gasteiger partial charge in [-0.2, -0.15) is 0 Å². The average molecular weight is 408 g/mol. The number of hydrogen-bond donors (Lipinski definition) is 1. The molecule has 0 fully saturated rings. The number of carbonyl (C=O) groups excluding carboxylic acids is 2. The molecule has 0 aliphatic rings. The standard InChI is InChI=1S/C21H23Cl2NO3/c1-21(2,3)12-20(26)24-17-11-14(6-8-19(17)27-4)18(25)10-13-5-7-15(22)16(23)9-13/h5-9,11H,10,12H2,1-4H3,(H,24,26). The molecule has 0 aromatic heterocycles. The smallest absolute Gasteiger partial charge is 0.224 e. The minimum Gasteiger partial charge on any atom is -0.495 e. The second kappa shape index (κ2) is 8.77. The molecule has 1 N–H and O–H groups in total. The minimum atomic E-state index is -0.140. The van der Waals surface area contributed by atoms with E-state index in [-0.39, 0.29) is 23.5 Å². The summed E-state index contributed by atoms with van der Waals surface area (Å²) < 4.78 is 5.30. The van der Waals surface area contributed by atoms with Gasteiger partial charge in [0.2, 0.25) is 5.91 Å². The SMILES string of the molecule is COc1ccc(C(=O)Cc2ccc(Cl)c(Cl)c2)cc1NC(=O)CC(C)(C)C. The van der Waals surface area contributed by atoms with Gasteiger partial charge in [0.1, 0.15) is 5.75 Å². The molecule has 144 valence electrons. The molecular weight excluding hydrogens is 385 g/mol. The Morgan fingerprint density at radius 3 is 2.33 bits per heavy atom. The normalized spacial score (nSPS) is 11.2. The van der Waals surface area contributed by atoms with Crippen molar-refractivity contribution in [1.29, 1.82) is 0 Å². The maximum absolute atomic E-state index is 12.6. The van der Waals surface area contributed by atoms with E-state index in [1.54, 1.807) is 36.4 Å². The molecule has 0 saturated carbocycles. The van der Waals surface area contributed by atoms with Crippen LogP contribution in [0, 0.1) is 5.41 Å². The van der Waals surface area contributed by atoms with E-state index < -0.39 is 0 Å². The second-order valence-corrected chi connectivity index (χ2v) is 8.36. The van der Waals surface area contributed by atoms with E-state index in [9.17, 15) is 9.59 Å². The topological polar surface area (TPSA) is 55.4 Å². The quantitative estimate of drug-likeness (QED) is 0.615. The fourth-order valence-corrected chi connectivity index (χ4v) is 2.91. The Kier molecular flexibility index (Phi) is 6.90. The zero-order chi connectivity index (χ0) is 20.2. The van der Waals surface area contributed by atoms with Gasteiger partial charge in [-0.25, -0.2) is 0 Å². The molecule has 27 heavy (non-hydrogen) atoms. The lowest BCUT2D eigenvalue weighted by atomic mass is 9.92. The van der Waals surface area contributed by atoms with E-state index >= 15 is 0 Å². The van der Waals surface area contributed by atoms with Crippen molar-refractivity contribution in [3.8, 4) is 5.75 Å². The molecule has 0 bridgehead atoms. The molecule has 0 aliphatic carbocycles. The zero-order valence-corrected chi connectivity index (χ0v) is 17.4. The Hall–Kier alpha value is -2.04. The number of ether oxygens (including phenoxy) is 1. The van der Waals surface area contributed by atoms with Crippen LogP contribution in [0.4, 0.5) is 5.69 Å². The molecule has 0 unspecified atom stereocenters. The summed E-state index contributed by atoms with van der Waals surface area (Å²) >= 11 is 11.9. The summed E-state index contributed by atoms with van der Waals surface area (Å²) in [5, 5.41) is 3.69. The number of Topliss-reactive ketones (excluding diaryl/α,β-unsaturated/α-hetero) is 1. The van der Waals surface area contributed by atoms with Crippen LogP contribution in [0.2, 0.25) is 10.0 Å². The number of nitrogens with one attached hydrogen (secondary N) is 1. The number of methoxy groups -OCH3 is 1. The number of benzene rings is 2. The number of rotatable bonds is 6. The van der Waals surface area contributed by atoms with Crippen molar-refractivity contribution >= 4 is 40.6 Å². The Morgan fingerprint density at radius 2 is 1.74 bits per heavy atom. The van der Waals surface area contributed by atoms with Gasteiger partial charge >= 0.3 is 0 Å². The van der Waals surface area contributed by atoms with Crippen LogP contribution in [-0.4, -0.2) is 18.8 Å². The van der Waals surface area contributed by atoms with Gasteiger partial charge in [-0.05, 0) is 41.3 Å². The second-order valence-electron chi connectivity index (χ2n) is 7.55. The summed E-state index contributed by atoms with van der Waals surface area (Å²) in [6, 6.07) is 10.1. The number of carbonyl (C=O) groups is 2. The Bertz CT molecular complexity index is 857. The summed E-state index contributed by atoms with van der Waals surface area (Å²) in [6.45, 7) is 5.96. The first-order valence-corrected chi connectivity index (χ1v) is 9.29. The van der Waals surface area contributed by atoms with Crippen LogP contribution < -0.4 is 10.1 Å². The zero-order valence-electron chi connectivity index (χ0n) is 15.9. The first-order chi connectivity index (χ1) is 12.6. The van der Waals surface area contributed by atoms with Crippen molar-refractivity contribution in [2.45, 2.75) is 33.6 Å². The summed E-state index contributed by atoms with van der Waals surface area (Å²) in [4.78, 5) is 24.9. The Balaban J connectivity index is 2.20. The molecule has 0 radical (unpaired) electrons. The molecule has 2 aromatic carbocycles. The lowest BCUT2D eigenvalue weighted by Gasteiger charge is -2.18. The molecule has 0 aliphatic heterocycles. The molecule has 2 rings (SSSR count). The molecule has 4 nitrogen and oxygen atoms in total. The van der Waals surface area contributed by atoms with E-state index in [0.717, 1.165) is 5.56 Å². The highest BCUT2D eigenvalue weighted by atomic mass is 35.5. The average Bonchev–Trinajstić information content (AvgIpc) is 2.56. The van der Waals surface area contributed by atoms with Gasteiger partial charge in [-0.1, -0.05) is 50.0 Å². The van der Waals surface area contributed by atoms with Crippen LogP contribution in [0.3, 0.4) is 0 Å². The van der Waals surface area contributed by atoms with Crippen molar-refractivity contribution in [1.82, 2.24) is 0 Å². The van der Waals surface area contributed by atoms with Crippen LogP contribution in [0.1, 0.15) is 43.1 Å². The summed E-state index contributed by atoms with van der Waals surface area (Å²) in [7, 11) is 1.52. The first-order valence-electron chi connectivity index (χ1n) is 8.54. The van der Waals surface area contributed by atoms with Crippen LogP contribution in [0.25, 0.3) is 0 Å². The Labute approximate surface area is 169 Å². The molecule has 1 amide bonds. The van der Waals surface area contributed by atoms with Gasteiger partial charge in [0.15, 0.2) is 5.78 Å². The van der Waals surface area contributed by atoms with Crippen molar-refractivity contribution < 1.29 is 14.3 Å². The molecule has 0 heterocycles. The monoisotopic (exact) mass is 407 g/mol. The van der Waals surface area contributed by atoms with E-state index in [2.05, 4.69) is 5.32 Å². The fourth-order valence-electron chi connectivity index (χ4n) is 2.59. The molecule has 2 aromatic rings. The van der Waals surface area contributed by atoms with Gasteiger partial charge < -0.3 is 10.1 Å². The lowest BCUT2D eigenvalue weighted by molar-refractivity contribution is -0.117. The number of anilines is 1. The lowest BCUT2D eigenvalue weighted by Crippen LogP contribution is -2.20. The highest BCUT2D eigenvalue weighted by molar-refractivity contribution is 6.42. The predicted molar refractivity (Wildman–Crippen MR) is 110 cm³/mol. The van der Waals surface area contributed by atoms with Gasteiger partial charge in [-0.15, -0.1) is 0 Å². The summed E-state index contributed by atoms with van der Waals surface area (Å²) in [6.07, 6.45) is 0.538.